The van der Waals surface area contributed by atoms with Crippen LogP contribution in [0.2, 0.25) is 0 Å². The molecule has 1 aliphatic heterocycles. The molecule has 0 N–H and O–H groups in total. The quantitative estimate of drug-likeness (QED) is 0.752. The molecule has 148 valence electrons. The summed E-state index contributed by atoms with van der Waals surface area (Å²) in [4.78, 5) is 24.4. The fourth-order valence-electron chi connectivity index (χ4n) is 3.97. The Kier molecular flexibility index (Phi) is 5.72. The minimum atomic E-state index is 0.0225. The minimum absolute atomic E-state index is 0.0225. The first-order valence-corrected chi connectivity index (χ1v) is 10.5. The summed E-state index contributed by atoms with van der Waals surface area (Å²) in [5.74, 6) is 1.31. The molecule has 28 heavy (non-hydrogen) atoms. The lowest BCUT2D eigenvalue weighted by molar-refractivity contribution is -0.0874. The molecular formula is C23H29N3O2. The van der Waals surface area contributed by atoms with Crippen molar-refractivity contribution in [3.8, 4) is 11.3 Å². The molecule has 2 fully saturated rings. The first-order valence-electron chi connectivity index (χ1n) is 10.5. The van der Waals surface area contributed by atoms with Crippen LogP contribution in [0.3, 0.4) is 0 Å². The van der Waals surface area contributed by atoms with E-state index in [0.29, 0.717) is 30.4 Å². The van der Waals surface area contributed by atoms with E-state index in [-0.39, 0.29) is 18.1 Å². The summed E-state index contributed by atoms with van der Waals surface area (Å²) >= 11 is 0. The number of rotatable bonds is 6. The molecule has 2 aromatic rings. The number of hydrogen-bond donors (Lipinski definition) is 0. The second kappa shape index (κ2) is 8.39. The van der Waals surface area contributed by atoms with Crippen LogP contribution < -0.4 is 0 Å². The number of amides is 1. The van der Waals surface area contributed by atoms with Crippen LogP contribution in [0.15, 0.2) is 36.5 Å². The maximum Gasteiger partial charge on any atom is 0.257 e. The Hall–Kier alpha value is -2.27. The molecule has 1 aromatic carbocycles. The van der Waals surface area contributed by atoms with Gasteiger partial charge in [0.1, 0.15) is 5.82 Å². The number of carbonyl (C=O) groups excluding carboxylic acids is 1. The van der Waals surface area contributed by atoms with Gasteiger partial charge >= 0.3 is 0 Å². The van der Waals surface area contributed by atoms with E-state index in [4.69, 9.17) is 4.74 Å². The first kappa shape index (κ1) is 19.1. The zero-order valence-corrected chi connectivity index (χ0v) is 16.8. The monoisotopic (exact) mass is 379 g/mol. The van der Waals surface area contributed by atoms with Crippen LogP contribution in [0, 0.1) is 12.8 Å². The van der Waals surface area contributed by atoms with E-state index in [2.05, 4.69) is 16.9 Å². The molecule has 1 aromatic heterocycles. The number of hydrogen-bond acceptors (Lipinski definition) is 4. The molecule has 5 nitrogen and oxygen atoms in total. The Morgan fingerprint density at radius 1 is 1.21 bits per heavy atom. The van der Waals surface area contributed by atoms with Crippen molar-refractivity contribution in [2.24, 2.45) is 5.92 Å². The Morgan fingerprint density at radius 3 is 2.71 bits per heavy atom. The lowest BCUT2D eigenvalue weighted by Crippen LogP contribution is -2.51. The standard InChI is InChI=1S/C23H29N3O2/c1-3-4-10-19-14-26(15-21(28-19)17-11-12-17)23(27)20-13-24-16(2)25-22(20)18-8-6-5-7-9-18/h5-9,13,17,19,21H,3-4,10-12,14-15H2,1-2H3/t19-,21-/m1/s1. The van der Waals surface area contributed by atoms with Gasteiger partial charge in [-0.15, -0.1) is 0 Å². The highest BCUT2D eigenvalue weighted by Crippen LogP contribution is 2.37. The molecule has 0 bridgehead atoms. The van der Waals surface area contributed by atoms with Gasteiger partial charge in [-0.2, -0.15) is 0 Å². The molecule has 1 saturated carbocycles. The van der Waals surface area contributed by atoms with Gasteiger partial charge in [0.15, 0.2) is 0 Å². The summed E-state index contributed by atoms with van der Waals surface area (Å²) in [5, 5.41) is 0. The van der Waals surface area contributed by atoms with E-state index in [1.54, 1.807) is 6.20 Å². The van der Waals surface area contributed by atoms with E-state index in [0.717, 1.165) is 30.5 Å². The number of morpholine rings is 1. The van der Waals surface area contributed by atoms with Crippen molar-refractivity contribution in [3.63, 3.8) is 0 Å². The average molecular weight is 380 g/mol. The number of ether oxygens (including phenoxy) is 1. The predicted octanol–water partition coefficient (Wildman–Crippen LogP) is 4.26. The van der Waals surface area contributed by atoms with E-state index in [1.165, 1.54) is 12.8 Å². The molecule has 4 rings (SSSR count). The molecule has 1 aliphatic carbocycles. The molecule has 1 amide bonds. The van der Waals surface area contributed by atoms with Gasteiger partial charge < -0.3 is 9.64 Å². The Morgan fingerprint density at radius 2 is 2.00 bits per heavy atom. The summed E-state index contributed by atoms with van der Waals surface area (Å²) in [5.41, 5.74) is 2.26. The third-order valence-corrected chi connectivity index (χ3v) is 5.69. The maximum absolute atomic E-state index is 13.5. The average Bonchev–Trinajstić information content (AvgIpc) is 3.57. The van der Waals surface area contributed by atoms with Crippen molar-refractivity contribution in [2.75, 3.05) is 13.1 Å². The van der Waals surface area contributed by atoms with Gasteiger partial charge in [-0.3, -0.25) is 4.79 Å². The fourth-order valence-corrected chi connectivity index (χ4v) is 3.97. The lowest BCUT2D eigenvalue weighted by atomic mass is 10.0. The molecule has 5 heteroatoms. The molecule has 0 spiro atoms. The van der Waals surface area contributed by atoms with Gasteiger partial charge in [0.05, 0.1) is 23.5 Å². The Labute approximate surface area is 167 Å². The summed E-state index contributed by atoms with van der Waals surface area (Å²) < 4.78 is 6.34. The van der Waals surface area contributed by atoms with E-state index < -0.39 is 0 Å². The SMILES string of the molecule is CCCC[C@@H]1CN(C(=O)c2cnc(C)nc2-c2ccccc2)C[C@H](C2CC2)O1. The molecule has 1 saturated heterocycles. The summed E-state index contributed by atoms with van der Waals surface area (Å²) in [7, 11) is 0. The molecule has 0 unspecified atom stereocenters. The van der Waals surface area contributed by atoms with Crippen LogP contribution in [-0.4, -0.2) is 46.1 Å². The van der Waals surface area contributed by atoms with Gasteiger partial charge in [-0.05, 0) is 32.1 Å². The maximum atomic E-state index is 13.5. The van der Waals surface area contributed by atoms with E-state index in [9.17, 15) is 4.79 Å². The number of nitrogens with zero attached hydrogens (tertiary/aromatic N) is 3. The number of unbranched alkanes of at least 4 members (excludes halogenated alkanes) is 1. The highest BCUT2D eigenvalue weighted by molar-refractivity contribution is 5.99. The van der Waals surface area contributed by atoms with Crippen molar-refractivity contribution in [1.29, 1.82) is 0 Å². The largest absolute Gasteiger partial charge is 0.371 e. The van der Waals surface area contributed by atoms with Crippen LogP contribution in [-0.2, 0) is 4.74 Å². The highest BCUT2D eigenvalue weighted by Gasteiger charge is 2.40. The van der Waals surface area contributed by atoms with Gasteiger partial charge in [-0.25, -0.2) is 9.97 Å². The normalized spacial score (nSPS) is 22.3. The number of aryl methyl sites for hydroxylation is 1. The molecule has 2 aliphatic rings. The topological polar surface area (TPSA) is 55.3 Å². The second-order valence-electron chi connectivity index (χ2n) is 8.03. The van der Waals surface area contributed by atoms with Crippen LogP contribution in [0.5, 0.6) is 0 Å². The van der Waals surface area contributed by atoms with Gasteiger partial charge in [-0.1, -0.05) is 50.1 Å². The lowest BCUT2D eigenvalue weighted by Gasteiger charge is -2.38. The zero-order valence-electron chi connectivity index (χ0n) is 16.8. The van der Waals surface area contributed by atoms with Crippen molar-refractivity contribution in [3.05, 3.63) is 47.9 Å². The molecular weight excluding hydrogens is 350 g/mol. The van der Waals surface area contributed by atoms with Crippen LogP contribution in [0.4, 0.5) is 0 Å². The second-order valence-corrected chi connectivity index (χ2v) is 8.03. The van der Waals surface area contributed by atoms with Gasteiger partial charge in [0, 0.05) is 24.8 Å². The number of carbonyl (C=O) groups is 1. The highest BCUT2D eigenvalue weighted by atomic mass is 16.5. The number of aromatic nitrogens is 2. The summed E-state index contributed by atoms with van der Waals surface area (Å²) in [6.45, 7) is 5.39. The summed E-state index contributed by atoms with van der Waals surface area (Å²) in [6, 6.07) is 9.91. The van der Waals surface area contributed by atoms with Gasteiger partial charge in [0.2, 0.25) is 0 Å². The van der Waals surface area contributed by atoms with Gasteiger partial charge in [0.25, 0.3) is 5.91 Å². The van der Waals surface area contributed by atoms with Crippen molar-refractivity contribution in [2.45, 2.75) is 58.2 Å². The Bertz CT molecular complexity index is 820. The Balaban J connectivity index is 1.61. The van der Waals surface area contributed by atoms with Crippen molar-refractivity contribution < 1.29 is 9.53 Å². The van der Waals surface area contributed by atoms with E-state index in [1.807, 2.05) is 42.2 Å². The first-order chi connectivity index (χ1) is 13.7. The zero-order chi connectivity index (χ0) is 19.5. The fraction of sp³-hybridized carbons (Fsp3) is 0.522. The predicted molar refractivity (Wildman–Crippen MR) is 109 cm³/mol. The molecule has 2 atom stereocenters. The molecule has 0 radical (unpaired) electrons. The van der Waals surface area contributed by atoms with Crippen molar-refractivity contribution >= 4 is 5.91 Å². The van der Waals surface area contributed by atoms with Crippen LogP contribution in [0.25, 0.3) is 11.3 Å². The van der Waals surface area contributed by atoms with Crippen LogP contribution >= 0.6 is 0 Å². The smallest absolute Gasteiger partial charge is 0.257 e. The number of benzene rings is 1. The third-order valence-electron chi connectivity index (χ3n) is 5.69. The third kappa shape index (κ3) is 4.25. The summed E-state index contributed by atoms with van der Waals surface area (Å²) in [6.07, 6.45) is 7.72. The minimum Gasteiger partial charge on any atom is -0.371 e. The molecule has 2 heterocycles. The van der Waals surface area contributed by atoms with E-state index >= 15 is 0 Å². The van der Waals surface area contributed by atoms with Crippen LogP contribution in [0.1, 0.15) is 55.2 Å². The van der Waals surface area contributed by atoms with Crippen molar-refractivity contribution in [1.82, 2.24) is 14.9 Å².